The largest absolute Gasteiger partial charge is 0.343 e. The zero-order valence-corrected chi connectivity index (χ0v) is 12.9. The van der Waals surface area contributed by atoms with Gasteiger partial charge in [0.05, 0.1) is 6.04 Å². The summed E-state index contributed by atoms with van der Waals surface area (Å²) >= 11 is 0. The number of rotatable bonds is 3. The SMILES string of the molecule is CCc1ccccc1C(=O)N1CCCCCC1c1ncon1. The number of nitrogens with zero attached hydrogens (tertiary/aromatic N) is 3. The number of hydrogen-bond acceptors (Lipinski definition) is 4. The molecule has 1 amide bonds. The highest BCUT2D eigenvalue weighted by atomic mass is 16.5. The van der Waals surface area contributed by atoms with Crippen LogP contribution in [0.15, 0.2) is 35.2 Å². The first-order valence-electron chi connectivity index (χ1n) is 7.96. The van der Waals surface area contributed by atoms with E-state index in [0.717, 1.165) is 49.8 Å². The normalized spacial score (nSPS) is 19.0. The average molecular weight is 299 g/mol. The van der Waals surface area contributed by atoms with Crippen molar-refractivity contribution in [3.8, 4) is 0 Å². The molecule has 22 heavy (non-hydrogen) atoms. The number of benzene rings is 1. The first kappa shape index (κ1) is 14.8. The van der Waals surface area contributed by atoms with E-state index >= 15 is 0 Å². The van der Waals surface area contributed by atoms with Crippen molar-refractivity contribution in [1.82, 2.24) is 15.0 Å². The van der Waals surface area contributed by atoms with Gasteiger partial charge in [-0.15, -0.1) is 0 Å². The molecule has 1 aromatic carbocycles. The predicted molar refractivity (Wildman–Crippen MR) is 82.4 cm³/mol. The van der Waals surface area contributed by atoms with Crippen LogP contribution in [0.1, 0.15) is 60.4 Å². The lowest BCUT2D eigenvalue weighted by atomic mass is 10.0. The van der Waals surface area contributed by atoms with Gasteiger partial charge in [-0.2, -0.15) is 4.98 Å². The van der Waals surface area contributed by atoms with Gasteiger partial charge in [0.1, 0.15) is 0 Å². The van der Waals surface area contributed by atoms with Crippen molar-refractivity contribution in [2.45, 2.75) is 45.1 Å². The molecule has 116 valence electrons. The molecule has 0 radical (unpaired) electrons. The fourth-order valence-corrected chi connectivity index (χ4v) is 3.14. The van der Waals surface area contributed by atoms with Gasteiger partial charge >= 0.3 is 0 Å². The molecule has 1 aliphatic rings. The van der Waals surface area contributed by atoms with Crippen molar-refractivity contribution in [3.63, 3.8) is 0 Å². The number of aromatic nitrogens is 2. The first-order chi connectivity index (χ1) is 10.8. The van der Waals surface area contributed by atoms with Gasteiger partial charge in [0.15, 0.2) is 5.82 Å². The lowest BCUT2D eigenvalue weighted by Crippen LogP contribution is -2.35. The molecule has 1 saturated heterocycles. The Balaban J connectivity index is 1.93. The zero-order valence-electron chi connectivity index (χ0n) is 12.9. The molecule has 0 N–H and O–H groups in total. The van der Waals surface area contributed by atoms with E-state index < -0.39 is 0 Å². The van der Waals surface area contributed by atoms with Crippen molar-refractivity contribution in [2.75, 3.05) is 6.54 Å². The first-order valence-corrected chi connectivity index (χ1v) is 7.96. The lowest BCUT2D eigenvalue weighted by Gasteiger charge is -2.28. The second kappa shape index (κ2) is 6.73. The number of likely N-dealkylation sites (tertiary alicyclic amines) is 1. The minimum atomic E-state index is -0.0846. The quantitative estimate of drug-likeness (QED) is 0.871. The summed E-state index contributed by atoms with van der Waals surface area (Å²) in [5.41, 5.74) is 1.88. The maximum atomic E-state index is 13.1. The third-order valence-electron chi connectivity index (χ3n) is 4.32. The van der Waals surface area contributed by atoms with Crippen LogP contribution in [0.25, 0.3) is 0 Å². The molecule has 3 rings (SSSR count). The standard InChI is InChI=1S/C17H21N3O2/c1-2-13-8-5-6-9-14(13)17(21)20-11-7-3-4-10-15(20)16-18-12-22-19-16/h5-6,8-9,12,15H,2-4,7,10-11H2,1H3. The van der Waals surface area contributed by atoms with Crippen LogP contribution in [-0.2, 0) is 6.42 Å². The third kappa shape index (κ3) is 2.89. The average Bonchev–Trinajstić information content (AvgIpc) is 2.98. The minimum absolute atomic E-state index is 0.0779. The summed E-state index contributed by atoms with van der Waals surface area (Å²) in [4.78, 5) is 19.2. The summed E-state index contributed by atoms with van der Waals surface area (Å²) in [6.07, 6.45) is 6.31. The van der Waals surface area contributed by atoms with E-state index in [1.807, 2.05) is 29.2 Å². The second-order valence-corrected chi connectivity index (χ2v) is 5.66. The van der Waals surface area contributed by atoms with E-state index in [9.17, 15) is 4.79 Å². The van der Waals surface area contributed by atoms with Crippen molar-refractivity contribution < 1.29 is 9.32 Å². The van der Waals surface area contributed by atoms with Crippen LogP contribution in [0.5, 0.6) is 0 Å². The molecule has 5 nitrogen and oxygen atoms in total. The van der Waals surface area contributed by atoms with E-state index in [1.54, 1.807) is 0 Å². The monoisotopic (exact) mass is 299 g/mol. The van der Waals surface area contributed by atoms with Crippen LogP contribution in [0, 0.1) is 0 Å². The Morgan fingerprint density at radius 3 is 2.95 bits per heavy atom. The molecular formula is C17H21N3O2. The summed E-state index contributed by atoms with van der Waals surface area (Å²) in [5.74, 6) is 0.693. The van der Waals surface area contributed by atoms with E-state index in [0.29, 0.717) is 5.82 Å². The van der Waals surface area contributed by atoms with E-state index in [-0.39, 0.29) is 11.9 Å². The molecule has 1 aromatic heterocycles. The number of amides is 1. The molecule has 1 atom stereocenters. The topological polar surface area (TPSA) is 59.2 Å². The number of hydrogen-bond donors (Lipinski definition) is 0. The lowest BCUT2D eigenvalue weighted by molar-refractivity contribution is 0.0669. The molecule has 0 spiro atoms. The third-order valence-corrected chi connectivity index (χ3v) is 4.32. The molecule has 1 fully saturated rings. The van der Waals surface area contributed by atoms with Crippen LogP contribution in [-0.4, -0.2) is 27.5 Å². The summed E-state index contributed by atoms with van der Waals surface area (Å²) < 4.78 is 4.89. The highest BCUT2D eigenvalue weighted by Crippen LogP contribution is 2.30. The Morgan fingerprint density at radius 1 is 1.32 bits per heavy atom. The predicted octanol–water partition coefficient (Wildman–Crippen LogP) is 3.39. The Labute approximate surface area is 130 Å². The maximum absolute atomic E-state index is 13.1. The van der Waals surface area contributed by atoms with Gasteiger partial charge in [0.2, 0.25) is 6.39 Å². The summed E-state index contributed by atoms with van der Waals surface area (Å²) in [6, 6.07) is 7.76. The Morgan fingerprint density at radius 2 is 2.18 bits per heavy atom. The maximum Gasteiger partial charge on any atom is 0.254 e. The Bertz CT molecular complexity index is 625. The molecule has 0 bridgehead atoms. The van der Waals surface area contributed by atoms with Gasteiger partial charge in [-0.3, -0.25) is 4.79 Å². The molecule has 5 heteroatoms. The fourth-order valence-electron chi connectivity index (χ4n) is 3.14. The minimum Gasteiger partial charge on any atom is -0.343 e. The van der Waals surface area contributed by atoms with Gasteiger partial charge in [-0.1, -0.05) is 43.1 Å². The van der Waals surface area contributed by atoms with Crippen molar-refractivity contribution in [2.24, 2.45) is 0 Å². The van der Waals surface area contributed by atoms with Gasteiger partial charge in [-0.05, 0) is 30.9 Å². The molecule has 0 saturated carbocycles. The molecule has 2 heterocycles. The number of carbonyl (C=O) groups is 1. The van der Waals surface area contributed by atoms with Crippen molar-refractivity contribution >= 4 is 5.91 Å². The van der Waals surface area contributed by atoms with Gasteiger partial charge < -0.3 is 9.42 Å². The van der Waals surface area contributed by atoms with E-state index in [1.165, 1.54) is 6.39 Å². The van der Waals surface area contributed by atoms with Crippen LogP contribution in [0.2, 0.25) is 0 Å². The fraction of sp³-hybridized carbons (Fsp3) is 0.471. The second-order valence-electron chi connectivity index (χ2n) is 5.66. The summed E-state index contributed by atoms with van der Waals surface area (Å²) in [5, 5.41) is 3.97. The van der Waals surface area contributed by atoms with Crippen LogP contribution < -0.4 is 0 Å². The van der Waals surface area contributed by atoms with E-state index in [4.69, 9.17) is 4.52 Å². The van der Waals surface area contributed by atoms with Crippen molar-refractivity contribution in [3.05, 3.63) is 47.6 Å². The summed E-state index contributed by atoms with van der Waals surface area (Å²) in [6.45, 7) is 2.82. The molecule has 1 unspecified atom stereocenters. The van der Waals surface area contributed by atoms with Crippen LogP contribution in [0.4, 0.5) is 0 Å². The van der Waals surface area contributed by atoms with Gasteiger partial charge in [0.25, 0.3) is 5.91 Å². The Kier molecular flexibility index (Phi) is 4.51. The molecule has 1 aliphatic heterocycles. The summed E-state index contributed by atoms with van der Waals surface area (Å²) in [7, 11) is 0. The molecule has 0 aliphatic carbocycles. The smallest absolute Gasteiger partial charge is 0.254 e. The van der Waals surface area contributed by atoms with E-state index in [2.05, 4.69) is 17.1 Å². The Hall–Kier alpha value is -2.17. The highest BCUT2D eigenvalue weighted by molar-refractivity contribution is 5.96. The highest BCUT2D eigenvalue weighted by Gasteiger charge is 2.30. The number of aryl methyl sites for hydroxylation is 1. The van der Waals surface area contributed by atoms with Gasteiger partial charge in [0, 0.05) is 12.1 Å². The molecule has 2 aromatic rings. The van der Waals surface area contributed by atoms with Crippen LogP contribution >= 0.6 is 0 Å². The van der Waals surface area contributed by atoms with Crippen LogP contribution in [0.3, 0.4) is 0 Å². The zero-order chi connectivity index (χ0) is 15.4. The molecular weight excluding hydrogens is 278 g/mol. The van der Waals surface area contributed by atoms with Crippen molar-refractivity contribution in [1.29, 1.82) is 0 Å². The van der Waals surface area contributed by atoms with Gasteiger partial charge in [-0.25, -0.2) is 0 Å². The number of carbonyl (C=O) groups excluding carboxylic acids is 1.